The lowest BCUT2D eigenvalue weighted by Gasteiger charge is -2.28. The Morgan fingerprint density at radius 2 is 1.52 bits per heavy atom. The molecule has 0 saturated carbocycles. The van der Waals surface area contributed by atoms with Crippen molar-refractivity contribution < 1.29 is 50.7 Å². The normalized spacial score (nSPS) is 13.5. The Hall–Kier alpha value is -4.28. The van der Waals surface area contributed by atoms with Gasteiger partial charge in [0.1, 0.15) is 24.4 Å². The molecule has 3 aromatic rings. The van der Waals surface area contributed by atoms with Crippen molar-refractivity contribution in [3.05, 3.63) is 86.0 Å². The predicted octanol–water partition coefficient (Wildman–Crippen LogP) is 5.29. The quantitative estimate of drug-likeness (QED) is 0.123. The van der Waals surface area contributed by atoms with E-state index in [9.17, 15) is 45.9 Å². The summed E-state index contributed by atoms with van der Waals surface area (Å²) < 4.78 is 72.8. The van der Waals surface area contributed by atoms with Crippen LogP contribution in [0, 0.1) is 5.92 Å². The second kappa shape index (κ2) is 17.1. The van der Waals surface area contributed by atoms with E-state index in [0.717, 1.165) is 16.7 Å². The molecule has 0 fully saturated rings. The highest BCUT2D eigenvalue weighted by Gasteiger charge is 2.52. The number of halogens is 7. The van der Waals surface area contributed by atoms with Crippen molar-refractivity contribution in [3.8, 4) is 5.75 Å². The van der Waals surface area contributed by atoms with E-state index in [4.69, 9.17) is 27.9 Å². The van der Waals surface area contributed by atoms with Crippen LogP contribution < -0.4 is 26.0 Å². The number of amides is 4. The van der Waals surface area contributed by atoms with Gasteiger partial charge in [-0.3, -0.25) is 24.0 Å². The van der Waals surface area contributed by atoms with E-state index in [-0.39, 0.29) is 16.9 Å². The number of carbonyl (C=O) groups is 5. The number of hydrogen-bond donors (Lipinski definition) is 4. The SMILES string of the molecule is COc1ccc([C@H](NC(=O)[C@H](Cc2cccc(Cl)c2)NC(=O)c2ccc(Cl)s2)C(=O)N[C@H](C(=O)C(F)(F)C(=O)NCC(F)(F)F)C(C)C)cc1. The second-order valence-corrected chi connectivity index (χ2v) is 13.3. The number of thiophene rings is 1. The molecule has 3 atom stereocenters. The highest BCUT2D eigenvalue weighted by molar-refractivity contribution is 7.18. The summed E-state index contributed by atoms with van der Waals surface area (Å²) in [4.78, 5) is 65.7. The number of ketones is 1. The van der Waals surface area contributed by atoms with Crippen molar-refractivity contribution in [2.75, 3.05) is 13.7 Å². The summed E-state index contributed by atoms with van der Waals surface area (Å²) in [5, 5.41) is 8.50. The van der Waals surface area contributed by atoms with E-state index in [1.807, 2.05) is 0 Å². The highest BCUT2D eigenvalue weighted by atomic mass is 35.5. The van der Waals surface area contributed by atoms with Crippen molar-refractivity contribution >= 4 is 64.0 Å². The third-order valence-corrected chi connectivity index (χ3v) is 8.50. The number of methoxy groups -OCH3 is 1. The maximum atomic E-state index is 14.8. The smallest absolute Gasteiger partial charge is 0.405 e. The number of hydrogen-bond acceptors (Lipinski definition) is 7. The zero-order valence-electron chi connectivity index (χ0n) is 26.5. The summed E-state index contributed by atoms with van der Waals surface area (Å²) in [6.45, 7) is 0.382. The van der Waals surface area contributed by atoms with Crippen molar-refractivity contribution in [1.82, 2.24) is 21.3 Å². The highest BCUT2D eigenvalue weighted by Crippen LogP contribution is 2.25. The Labute approximate surface area is 297 Å². The van der Waals surface area contributed by atoms with Crippen molar-refractivity contribution in [1.29, 1.82) is 0 Å². The Kier molecular flexibility index (Phi) is 13.7. The van der Waals surface area contributed by atoms with Crippen LogP contribution in [0.15, 0.2) is 60.7 Å². The fraction of sp³-hybridized carbons (Fsp3) is 0.344. The number of benzene rings is 2. The van der Waals surface area contributed by atoms with Gasteiger partial charge in [0, 0.05) is 11.4 Å². The third-order valence-electron chi connectivity index (χ3n) is 7.04. The molecule has 0 aliphatic heterocycles. The van der Waals surface area contributed by atoms with Crippen LogP contribution in [0.5, 0.6) is 5.75 Å². The molecule has 0 bridgehead atoms. The Morgan fingerprint density at radius 1 is 0.860 bits per heavy atom. The van der Waals surface area contributed by atoms with Crippen LogP contribution >= 0.6 is 34.5 Å². The molecule has 10 nitrogen and oxygen atoms in total. The molecule has 0 aliphatic carbocycles. The average Bonchev–Trinajstić information content (AvgIpc) is 3.50. The first-order valence-electron chi connectivity index (χ1n) is 14.6. The molecule has 0 saturated heterocycles. The first kappa shape index (κ1) is 40.2. The summed E-state index contributed by atoms with van der Waals surface area (Å²) in [5.41, 5.74) is 0.600. The first-order valence-corrected chi connectivity index (χ1v) is 16.2. The Balaban J connectivity index is 1.95. The summed E-state index contributed by atoms with van der Waals surface area (Å²) in [5.74, 6) is -13.2. The van der Waals surface area contributed by atoms with E-state index in [2.05, 4.69) is 16.0 Å². The van der Waals surface area contributed by atoms with Crippen LogP contribution in [-0.2, 0) is 25.6 Å². The molecule has 1 heterocycles. The topological polar surface area (TPSA) is 143 Å². The summed E-state index contributed by atoms with van der Waals surface area (Å²) >= 11 is 13.0. The molecular formula is C32H31Cl2F5N4O6S. The monoisotopic (exact) mass is 764 g/mol. The fourth-order valence-corrected chi connectivity index (χ4v) is 5.64. The second-order valence-electron chi connectivity index (χ2n) is 11.1. The molecule has 2 aromatic carbocycles. The maximum absolute atomic E-state index is 14.8. The first-order chi connectivity index (χ1) is 23.3. The van der Waals surface area contributed by atoms with Crippen LogP contribution in [0.25, 0.3) is 0 Å². The standard InChI is InChI=1S/C32H31Cl2F5N4O6S/c1-16(2)24(26(44)32(38,39)30(48)40-15-31(35,36)37)42-29(47)25(18-7-9-20(49-3)10-8-18)43-27(45)21(14-17-5-4-6-19(33)13-17)41-28(46)22-11-12-23(34)50-22/h4-13,16,21,24-25H,14-15H2,1-3H3,(H,40,48)(H,41,46)(H,42,47)(H,43,45)/t21-,24-,25-/m0/s1. The summed E-state index contributed by atoms with van der Waals surface area (Å²) in [6, 6.07) is 9.76. The Bertz CT molecular complexity index is 1700. The van der Waals surface area contributed by atoms with Gasteiger partial charge in [-0.05, 0) is 53.4 Å². The van der Waals surface area contributed by atoms with Gasteiger partial charge in [0.25, 0.3) is 11.8 Å². The lowest BCUT2D eigenvalue weighted by molar-refractivity contribution is -0.165. The van der Waals surface area contributed by atoms with Crippen LogP contribution in [0.1, 0.15) is 40.7 Å². The average molecular weight is 766 g/mol. The maximum Gasteiger partial charge on any atom is 0.405 e. The summed E-state index contributed by atoms with van der Waals surface area (Å²) in [6.07, 6.45) is -5.16. The van der Waals surface area contributed by atoms with E-state index >= 15 is 0 Å². The van der Waals surface area contributed by atoms with E-state index in [0.29, 0.717) is 20.7 Å². The van der Waals surface area contributed by atoms with Gasteiger partial charge in [-0.1, -0.05) is 61.3 Å². The molecule has 270 valence electrons. The van der Waals surface area contributed by atoms with E-state index < -0.39 is 72.1 Å². The molecule has 50 heavy (non-hydrogen) atoms. The zero-order valence-corrected chi connectivity index (χ0v) is 28.8. The van der Waals surface area contributed by atoms with Gasteiger partial charge < -0.3 is 26.0 Å². The number of ether oxygens (including phenoxy) is 1. The van der Waals surface area contributed by atoms with Crippen LogP contribution in [-0.4, -0.2) is 67.2 Å². The predicted molar refractivity (Wildman–Crippen MR) is 175 cm³/mol. The van der Waals surface area contributed by atoms with Gasteiger partial charge in [-0.15, -0.1) is 11.3 Å². The van der Waals surface area contributed by atoms with E-state index in [1.54, 1.807) is 24.3 Å². The van der Waals surface area contributed by atoms with Crippen molar-refractivity contribution in [2.45, 2.75) is 50.5 Å². The Morgan fingerprint density at radius 3 is 2.06 bits per heavy atom. The molecule has 0 spiro atoms. The molecule has 0 unspecified atom stereocenters. The number of alkyl halides is 5. The minimum atomic E-state index is -5.04. The minimum absolute atomic E-state index is 0.0826. The van der Waals surface area contributed by atoms with Crippen molar-refractivity contribution in [3.63, 3.8) is 0 Å². The lowest BCUT2D eigenvalue weighted by Crippen LogP contribution is -2.58. The fourth-order valence-electron chi connectivity index (χ4n) is 4.48. The van der Waals surface area contributed by atoms with Gasteiger partial charge >= 0.3 is 12.1 Å². The van der Waals surface area contributed by atoms with Crippen LogP contribution in [0.4, 0.5) is 22.0 Å². The number of Topliss-reactive ketones (excluding diaryl/α,β-unsaturated/α-hetero) is 1. The number of nitrogens with one attached hydrogen (secondary N) is 4. The molecule has 1 aromatic heterocycles. The molecule has 4 N–H and O–H groups in total. The zero-order chi connectivity index (χ0) is 37.4. The van der Waals surface area contributed by atoms with Gasteiger partial charge in [0.2, 0.25) is 17.6 Å². The van der Waals surface area contributed by atoms with Crippen LogP contribution in [0.3, 0.4) is 0 Å². The lowest BCUT2D eigenvalue weighted by atomic mass is 9.94. The molecule has 18 heteroatoms. The van der Waals surface area contributed by atoms with Crippen molar-refractivity contribution in [2.24, 2.45) is 5.92 Å². The molecular weight excluding hydrogens is 734 g/mol. The number of carbonyl (C=O) groups excluding carboxylic acids is 5. The van der Waals surface area contributed by atoms with Gasteiger partial charge in [-0.2, -0.15) is 22.0 Å². The molecule has 3 rings (SSSR count). The molecule has 0 aliphatic rings. The number of rotatable bonds is 15. The van der Waals surface area contributed by atoms with Crippen LogP contribution in [0.2, 0.25) is 9.36 Å². The van der Waals surface area contributed by atoms with E-state index in [1.165, 1.54) is 57.4 Å². The minimum Gasteiger partial charge on any atom is -0.497 e. The van der Waals surface area contributed by atoms with Gasteiger partial charge in [-0.25, -0.2) is 0 Å². The summed E-state index contributed by atoms with van der Waals surface area (Å²) in [7, 11) is 1.37. The largest absolute Gasteiger partial charge is 0.497 e. The molecule has 0 radical (unpaired) electrons. The van der Waals surface area contributed by atoms with Gasteiger partial charge in [0.05, 0.1) is 22.4 Å². The van der Waals surface area contributed by atoms with Gasteiger partial charge in [0.15, 0.2) is 0 Å². The molecule has 4 amide bonds. The third kappa shape index (κ3) is 11.1.